The van der Waals surface area contributed by atoms with Crippen LogP contribution in [0, 0.1) is 23.2 Å². The summed E-state index contributed by atoms with van der Waals surface area (Å²) in [6, 6.07) is 0. The molecule has 1 rings (SSSR count). The van der Waals surface area contributed by atoms with Gasteiger partial charge in [-0.2, -0.15) is 0 Å². The van der Waals surface area contributed by atoms with E-state index < -0.39 is 9.04 Å². The standard InChI is InChI=1S/C14H31NO2Si/c1-11(10-16)12-7-8-15(17-18(5)6)9-13(12)14(2,3)4/h11-13,16,18H,7-10H2,1-6H3/t11?,12-,13+/m0/s1. The molecule has 0 radical (unpaired) electrons. The minimum absolute atomic E-state index is 0.272. The minimum atomic E-state index is -1.00. The second-order valence-corrected chi connectivity index (χ2v) is 9.44. The minimum Gasteiger partial charge on any atom is -0.396 e. The third-order valence-electron chi connectivity index (χ3n) is 4.12. The quantitative estimate of drug-likeness (QED) is 0.799. The Labute approximate surface area is 114 Å². The van der Waals surface area contributed by atoms with Crippen LogP contribution >= 0.6 is 0 Å². The highest BCUT2D eigenvalue weighted by atomic mass is 28.3. The van der Waals surface area contributed by atoms with Crippen molar-refractivity contribution in [1.29, 1.82) is 0 Å². The smallest absolute Gasteiger partial charge is 0.199 e. The first kappa shape index (κ1) is 16.2. The molecule has 1 N–H and O–H groups in total. The van der Waals surface area contributed by atoms with Crippen LogP contribution in [0.3, 0.4) is 0 Å². The largest absolute Gasteiger partial charge is 0.396 e. The molecule has 3 nitrogen and oxygen atoms in total. The third-order valence-corrected chi connectivity index (χ3v) is 4.84. The molecule has 1 aliphatic heterocycles. The molecular formula is C14H31NO2Si. The van der Waals surface area contributed by atoms with Gasteiger partial charge in [0, 0.05) is 19.7 Å². The number of nitrogens with zero attached hydrogens (tertiary/aromatic N) is 1. The number of hydrogen-bond donors (Lipinski definition) is 1. The fourth-order valence-corrected chi connectivity index (χ4v) is 3.85. The fraction of sp³-hybridized carbons (Fsp3) is 1.00. The van der Waals surface area contributed by atoms with Gasteiger partial charge in [-0.25, -0.2) is 5.06 Å². The van der Waals surface area contributed by atoms with Crippen LogP contribution < -0.4 is 0 Å². The van der Waals surface area contributed by atoms with Gasteiger partial charge in [0.1, 0.15) is 0 Å². The van der Waals surface area contributed by atoms with Gasteiger partial charge in [0.05, 0.1) is 0 Å². The van der Waals surface area contributed by atoms with Gasteiger partial charge in [-0.1, -0.05) is 27.7 Å². The molecule has 108 valence electrons. The van der Waals surface area contributed by atoms with Gasteiger partial charge in [-0.3, -0.25) is 0 Å². The Hall–Kier alpha value is 0.0969. The molecule has 18 heavy (non-hydrogen) atoms. The predicted molar refractivity (Wildman–Crippen MR) is 78.8 cm³/mol. The highest BCUT2D eigenvalue weighted by Gasteiger charge is 2.39. The molecule has 1 aliphatic rings. The lowest BCUT2D eigenvalue weighted by molar-refractivity contribution is -0.130. The lowest BCUT2D eigenvalue weighted by atomic mass is 9.66. The van der Waals surface area contributed by atoms with Crippen LogP contribution in [0.15, 0.2) is 0 Å². The van der Waals surface area contributed by atoms with E-state index in [1.54, 1.807) is 0 Å². The van der Waals surface area contributed by atoms with Gasteiger partial charge in [0.25, 0.3) is 0 Å². The highest BCUT2D eigenvalue weighted by molar-refractivity contribution is 6.48. The summed E-state index contributed by atoms with van der Waals surface area (Å²) in [7, 11) is -1.00. The fourth-order valence-electron chi connectivity index (χ4n) is 3.07. The number of piperidine rings is 1. The first-order valence-corrected chi connectivity index (χ1v) is 10.1. The van der Waals surface area contributed by atoms with Crippen molar-refractivity contribution < 1.29 is 9.63 Å². The van der Waals surface area contributed by atoms with Crippen LogP contribution in [0.1, 0.15) is 34.1 Å². The number of aliphatic hydroxyl groups is 1. The van der Waals surface area contributed by atoms with Crippen molar-refractivity contribution in [1.82, 2.24) is 5.06 Å². The van der Waals surface area contributed by atoms with Crippen LogP contribution in [0.5, 0.6) is 0 Å². The zero-order chi connectivity index (χ0) is 13.9. The maximum absolute atomic E-state index is 9.44. The number of hydroxylamine groups is 2. The maximum Gasteiger partial charge on any atom is 0.199 e. The van der Waals surface area contributed by atoms with Crippen LogP contribution in [-0.2, 0) is 4.53 Å². The molecule has 0 aliphatic carbocycles. The predicted octanol–water partition coefficient (Wildman–Crippen LogP) is 2.51. The average Bonchev–Trinajstić information content (AvgIpc) is 2.26. The SMILES string of the molecule is CC(CO)[C@@H]1CCN(O[SiH](C)C)C[C@H]1C(C)(C)C. The Morgan fingerprint density at radius 2 is 2.00 bits per heavy atom. The molecule has 0 aromatic heterocycles. The molecule has 1 fully saturated rings. The monoisotopic (exact) mass is 273 g/mol. The first-order valence-electron chi connectivity index (χ1n) is 7.28. The summed E-state index contributed by atoms with van der Waals surface area (Å²) in [5.74, 6) is 1.61. The van der Waals surface area contributed by atoms with E-state index >= 15 is 0 Å². The molecule has 0 spiro atoms. The summed E-state index contributed by atoms with van der Waals surface area (Å²) in [5, 5.41) is 11.6. The number of hydrogen-bond acceptors (Lipinski definition) is 3. The molecule has 1 heterocycles. The van der Waals surface area contributed by atoms with Crippen molar-refractivity contribution in [3.63, 3.8) is 0 Å². The van der Waals surface area contributed by atoms with Crippen LogP contribution in [0.25, 0.3) is 0 Å². The van der Waals surface area contributed by atoms with E-state index in [1.165, 1.54) is 0 Å². The van der Waals surface area contributed by atoms with Crippen molar-refractivity contribution in [3.8, 4) is 0 Å². The van der Waals surface area contributed by atoms with E-state index in [2.05, 4.69) is 45.9 Å². The third kappa shape index (κ3) is 4.33. The summed E-state index contributed by atoms with van der Waals surface area (Å²) in [6.45, 7) is 15.9. The summed E-state index contributed by atoms with van der Waals surface area (Å²) >= 11 is 0. The maximum atomic E-state index is 9.44. The van der Waals surface area contributed by atoms with E-state index in [9.17, 15) is 5.11 Å². The topological polar surface area (TPSA) is 32.7 Å². The van der Waals surface area contributed by atoms with Gasteiger partial charge in [-0.05, 0) is 42.7 Å². The lowest BCUT2D eigenvalue weighted by Crippen LogP contribution is -2.48. The molecule has 0 bridgehead atoms. The molecule has 1 unspecified atom stereocenters. The second kappa shape index (κ2) is 6.50. The summed E-state index contributed by atoms with van der Waals surface area (Å²) < 4.78 is 5.99. The van der Waals surface area contributed by atoms with Gasteiger partial charge in [-0.15, -0.1) is 0 Å². The van der Waals surface area contributed by atoms with E-state index in [4.69, 9.17) is 4.53 Å². The van der Waals surface area contributed by atoms with Gasteiger partial charge in [0.2, 0.25) is 0 Å². The van der Waals surface area contributed by atoms with Gasteiger partial charge >= 0.3 is 0 Å². The second-order valence-electron chi connectivity index (χ2n) is 7.13. The van der Waals surface area contributed by atoms with Gasteiger partial charge in [0.15, 0.2) is 9.04 Å². The Bertz CT molecular complexity index is 253. The zero-order valence-electron chi connectivity index (χ0n) is 12.9. The van der Waals surface area contributed by atoms with Crippen molar-refractivity contribution >= 4 is 9.04 Å². The van der Waals surface area contributed by atoms with E-state index in [-0.39, 0.29) is 5.41 Å². The van der Waals surface area contributed by atoms with Gasteiger partial charge < -0.3 is 9.63 Å². The average molecular weight is 273 g/mol. The van der Waals surface area contributed by atoms with Crippen molar-refractivity contribution in [3.05, 3.63) is 0 Å². The van der Waals surface area contributed by atoms with Crippen molar-refractivity contribution in [2.45, 2.75) is 47.2 Å². The van der Waals surface area contributed by atoms with E-state index in [0.717, 1.165) is 19.5 Å². The molecule has 0 aromatic carbocycles. The first-order chi connectivity index (χ1) is 8.25. The van der Waals surface area contributed by atoms with E-state index in [1.807, 2.05) is 0 Å². The summed E-state index contributed by atoms with van der Waals surface area (Å²) in [6.07, 6.45) is 1.14. The Morgan fingerprint density at radius 1 is 1.39 bits per heavy atom. The van der Waals surface area contributed by atoms with E-state index in [0.29, 0.717) is 24.4 Å². The molecule has 0 saturated carbocycles. The zero-order valence-corrected chi connectivity index (χ0v) is 14.1. The molecule has 1 saturated heterocycles. The van der Waals surface area contributed by atoms with Crippen LogP contribution in [0.2, 0.25) is 13.1 Å². The Balaban J connectivity index is 2.73. The molecule has 3 atom stereocenters. The van der Waals surface area contributed by atoms with Crippen molar-refractivity contribution in [2.24, 2.45) is 23.2 Å². The highest BCUT2D eigenvalue weighted by Crippen LogP contribution is 2.41. The molecule has 0 amide bonds. The molecule has 0 aromatic rings. The number of aliphatic hydroxyl groups excluding tert-OH is 1. The lowest BCUT2D eigenvalue weighted by Gasteiger charge is -2.46. The Kier molecular flexibility index (Phi) is 5.84. The molecule has 4 heteroatoms. The summed E-state index contributed by atoms with van der Waals surface area (Å²) in [5.41, 5.74) is 0.272. The van der Waals surface area contributed by atoms with Crippen LogP contribution in [0.4, 0.5) is 0 Å². The normalized spacial score (nSPS) is 28.7. The summed E-state index contributed by atoms with van der Waals surface area (Å²) in [4.78, 5) is 0. The molecular weight excluding hydrogens is 242 g/mol. The van der Waals surface area contributed by atoms with Crippen molar-refractivity contribution in [2.75, 3.05) is 19.7 Å². The number of rotatable bonds is 4. The Morgan fingerprint density at radius 3 is 2.44 bits per heavy atom. The van der Waals surface area contributed by atoms with Crippen LogP contribution in [-0.4, -0.2) is 38.9 Å².